The molecule has 0 atom stereocenters. The van der Waals surface area contributed by atoms with Gasteiger partial charge in [-0.2, -0.15) is 0 Å². The van der Waals surface area contributed by atoms with Crippen molar-refractivity contribution < 1.29 is 9.94 Å². The van der Waals surface area contributed by atoms with E-state index >= 15 is 0 Å². The van der Waals surface area contributed by atoms with Crippen molar-refractivity contribution >= 4 is 5.84 Å². The standard InChI is InChI=1S/C15H23N3O2/c1-10-4-5-12(13(16)18-19)14(17-10)20-11-6-8-15(2,3)9-7-11/h4-5,11,19H,6-9H2,1-3H3,(H2,16,18). The van der Waals surface area contributed by atoms with Crippen LogP contribution in [-0.2, 0) is 0 Å². The van der Waals surface area contributed by atoms with E-state index in [1.807, 2.05) is 13.0 Å². The fourth-order valence-electron chi connectivity index (χ4n) is 2.52. The van der Waals surface area contributed by atoms with Gasteiger partial charge in [0.2, 0.25) is 5.88 Å². The third-order valence-electron chi connectivity index (χ3n) is 3.95. The summed E-state index contributed by atoms with van der Waals surface area (Å²) in [6.45, 7) is 6.47. The molecule has 5 heteroatoms. The van der Waals surface area contributed by atoms with Gasteiger partial charge < -0.3 is 15.7 Å². The molecule has 1 fully saturated rings. The van der Waals surface area contributed by atoms with E-state index in [2.05, 4.69) is 24.0 Å². The Kier molecular flexibility index (Phi) is 4.16. The molecule has 0 aliphatic heterocycles. The van der Waals surface area contributed by atoms with Crippen molar-refractivity contribution in [2.75, 3.05) is 0 Å². The summed E-state index contributed by atoms with van der Waals surface area (Å²) in [5.41, 5.74) is 7.47. The number of aromatic nitrogens is 1. The number of nitrogens with two attached hydrogens (primary N) is 1. The second-order valence-corrected chi connectivity index (χ2v) is 6.27. The van der Waals surface area contributed by atoms with Gasteiger partial charge in [-0.1, -0.05) is 19.0 Å². The van der Waals surface area contributed by atoms with Crippen LogP contribution in [0.5, 0.6) is 5.88 Å². The molecule has 0 bridgehead atoms. The molecule has 1 aromatic heterocycles. The van der Waals surface area contributed by atoms with Crippen molar-refractivity contribution in [3.63, 3.8) is 0 Å². The second-order valence-electron chi connectivity index (χ2n) is 6.27. The SMILES string of the molecule is Cc1ccc(/C(N)=N/O)c(OC2CCC(C)(C)CC2)n1. The minimum atomic E-state index is 0.0311. The highest BCUT2D eigenvalue weighted by Gasteiger charge is 2.28. The molecule has 0 spiro atoms. The van der Waals surface area contributed by atoms with E-state index in [0.717, 1.165) is 31.4 Å². The molecule has 1 saturated carbocycles. The first-order valence-corrected chi connectivity index (χ1v) is 7.03. The first-order valence-electron chi connectivity index (χ1n) is 7.03. The van der Waals surface area contributed by atoms with Crippen molar-refractivity contribution in [3.05, 3.63) is 23.4 Å². The average molecular weight is 277 g/mol. The van der Waals surface area contributed by atoms with Crippen molar-refractivity contribution in [1.29, 1.82) is 0 Å². The van der Waals surface area contributed by atoms with Gasteiger partial charge in [-0.15, -0.1) is 0 Å². The molecule has 1 aliphatic rings. The minimum Gasteiger partial charge on any atom is -0.474 e. The lowest BCUT2D eigenvalue weighted by Gasteiger charge is -2.34. The largest absolute Gasteiger partial charge is 0.474 e. The number of hydrogen-bond donors (Lipinski definition) is 2. The predicted octanol–water partition coefficient (Wildman–Crippen LogP) is 2.83. The molecule has 3 N–H and O–H groups in total. The number of amidine groups is 1. The van der Waals surface area contributed by atoms with E-state index in [4.69, 9.17) is 15.7 Å². The molecule has 110 valence electrons. The highest BCUT2D eigenvalue weighted by molar-refractivity contribution is 5.99. The van der Waals surface area contributed by atoms with Gasteiger partial charge in [-0.3, -0.25) is 0 Å². The van der Waals surface area contributed by atoms with E-state index in [1.165, 1.54) is 0 Å². The number of rotatable bonds is 3. The molecule has 0 unspecified atom stereocenters. The van der Waals surface area contributed by atoms with Crippen LogP contribution in [0, 0.1) is 12.3 Å². The Labute approximate surface area is 119 Å². The first kappa shape index (κ1) is 14.6. The Hall–Kier alpha value is -1.78. The van der Waals surface area contributed by atoms with Gasteiger partial charge in [0.15, 0.2) is 5.84 Å². The van der Waals surface area contributed by atoms with Gasteiger partial charge in [0, 0.05) is 5.69 Å². The lowest BCUT2D eigenvalue weighted by atomic mass is 9.76. The summed E-state index contributed by atoms with van der Waals surface area (Å²) in [7, 11) is 0. The van der Waals surface area contributed by atoms with Crippen LogP contribution in [0.1, 0.15) is 50.8 Å². The van der Waals surface area contributed by atoms with Crippen LogP contribution in [-0.4, -0.2) is 22.1 Å². The van der Waals surface area contributed by atoms with Gasteiger partial charge in [0.1, 0.15) is 6.10 Å². The zero-order chi connectivity index (χ0) is 14.8. The van der Waals surface area contributed by atoms with Crippen LogP contribution >= 0.6 is 0 Å². The number of aryl methyl sites for hydroxylation is 1. The monoisotopic (exact) mass is 277 g/mol. The lowest BCUT2D eigenvalue weighted by molar-refractivity contribution is 0.0946. The third-order valence-corrected chi connectivity index (χ3v) is 3.95. The number of ether oxygens (including phenoxy) is 1. The molecule has 5 nitrogen and oxygen atoms in total. The van der Waals surface area contributed by atoms with E-state index < -0.39 is 0 Å². The quantitative estimate of drug-likeness (QED) is 0.385. The van der Waals surface area contributed by atoms with Crippen LogP contribution in [0.25, 0.3) is 0 Å². The Morgan fingerprint density at radius 1 is 1.40 bits per heavy atom. The Bertz CT molecular complexity index is 502. The fourth-order valence-corrected chi connectivity index (χ4v) is 2.52. The highest BCUT2D eigenvalue weighted by atomic mass is 16.5. The van der Waals surface area contributed by atoms with Gasteiger partial charge in [0.05, 0.1) is 5.56 Å². The maximum atomic E-state index is 8.84. The number of hydrogen-bond acceptors (Lipinski definition) is 4. The van der Waals surface area contributed by atoms with Gasteiger partial charge in [-0.05, 0) is 50.2 Å². The van der Waals surface area contributed by atoms with Crippen molar-refractivity contribution in [3.8, 4) is 5.88 Å². The second kappa shape index (κ2) is 5.69. The van der Waals surface area contributed by atoms with E-state index in [9.17, 15) is 0 Å². The summed E-state index contributed by atoms with van der Waals surface area (Å²) in [5.74, 6) is 0.494. The summed E-state index contributed by atoms with van der Waals surface area (Å²) >= 11 is 0. The normalized spacial score (nSPS) is 19.9. The van der Waals surface area contributed by atoms with Crippen LogP contribution < -0.4 is 10.5 Å². The minimum absolute atomic E-state index is 0.0311. The number of oxime groups is 1. The van der Waals surface area contributed by atoms with Crippen molar-refractivity contribution in [2.24, 2.45) is 16.3 Å². The smallest absolute Gasteiger partial charge is 0.225 e. The summed E-state index contributed by atoms with van der Waals surface area (Å²) in [6, 6.07) is 3.60. The average Bonchev–Trinajstić information content (AvgIpc) is 2.40. The summed E-state index contributed by atoms with van der Waals surface area (Å²) in [5, 5.41) is 11.9. The Morgan fingerprint density at radius 3 is 2.65 bits per heavy atom. The summed E-state index contributed by atoms with van der Waals surface area (Å²) < 4.78 is 6.00. The highest BCUT2D eigenvalue weighted by Crippen LogP contribution is 2.36. The van der Waals surface area contributed by atoms with Crippen LogP contribution in [0.3, 0.4) is 0 Å². The van der Waals surface area contributed by atoms with E-state index in [-0.39, 0.29) is 11.9 Å². The van der Waals surface area contributed by atoms with E-state index in [0.29, 0.717) is 16.9 Å². The molecule has 1 aromatic rings. The maximum absolute atomic E-state index is 8.84. The molecular formula is C15H23N3O2. The molecular weight excluding hydrogens is 254 g/mol. The Balaban J connectivity index is 2.15. The first-order chi connectivity index (χ1) is 9.41. The van der Waals surface area contributed by atoms with Crippen LogP contribution in [0.15, 0.2) is 17.3 Å². The summed E-state index contributed by atoms with van der Waals surface area (Å²) in [6.07, 6.45) is 4.46. The molecule has 2 rings (SSSR count). The summed E-state index contributed by atoms with van der Waals surface area (Å²) in [4.78, 5) is 4.38. The molecule has 0 aromatic carbocycles. The Morgan fingerprint density at radius 2 is 2.05 bits per heavy atom. The maximum Gasteiger partial charge on any atom is 0.225 e. The predicted molar refractivity (Wildman–Crippen MR) is 78.1 cm³/mol. The molecule has 0 saturated heterocycles. The fraction of sp³-hybridized carbons (Fsp3) is 0.600. The van der Waals surface area contributed by atoms with Gasteiger partial charge in [-0.25, -0.2) is 4.98 Å². The lowest BCUT2D eigenvalue weighted by Crippen LogP contribution is -2.29. The molecule has 1 aliphatic carbocycles. The molecule has 1 heterocycles. The van der Waals surface area contributed by atoms with Gasteiger partial charge in [0.25, 0.3) is 0 Å². The van der Waals surface area contributed by atoms with Crippen molar-refractivity contribution in [2.45, 2.75) is 52.6 Å². The zero-order valence-corrected chi connectivity index (χ0v) is 12.4. The van der Waals surface area contributed by atoms with Gasteiger partial charge >= 0.3 is 0 Å². The van der Waals surface area contributed by atoms with Crippen LogP contribution in [0.2, 0.25) is 0 Å². The zero-order valence-electron chi connectivity index (χ0n) is 12.4. The number of pyridine rings is 1. The topological polar surface area (TPSA) is 80.7 Å². The van der Waals surface area contributed by atoms with Crippen molar-refractivity contribution in [1.82, 2.24) is 4.98 Å². The molecule has 0 radical (unpaired) electrons. The van der Waals surface area contributed by atoms with E-state index in [1.54, 1.807) is 6.07 Å². The number of nitrogens with zero attached hydrogens (tertiary/aromatic N) is 2. The third kappa shape index (κ3) is 3.40. The van der Waals surface area contributed by atoms with Crippen LogP contribution in [0.4, 0.5) is 0 Å². The molecule has 0 amide bonds. The molecule has 20 heavy (non-hydrogen) atoms.